The summed E-state index contributed by atoms with van der Waals surface area (Å²) < 4.78 is 5.55. The molecule has 0 atom stereocenters. The number of thiazole rings is 1. The number of ether oxygens (including phenoxy) is 1. The SMILES string of the molecule is COC(=O)c1ccsc1NC(=O)c1nc2cnccc2s1. The van der Waals surface area contributed by atoms with Gasteiger partial charge in [0, 0.05) is 6.20 Å². The molecule has 0 bridgehead atoms. The van der Waals surface area contributed by atoms with E-state index in [2.05, 4.69) is 20.0 Å². The molecule has 0 unspecified atom stereocenters. The van der Waals surface area contributed by atoms with Crippen LogP contribution in [0.15, 0.2) is 29.9 Å². The molecule has 3 heterocycles. The second-order valence-electron chi connectivity index (χ2n) is 3.97. The summed E-state index contributed by atoms with van der Waals surface area (Å²) >= 11 is 2.53. The van der Waals surface area contributed by atoms with Crippen LogP contribution < -0.4 is 5.32 Å². The van der Waals surface area contributed by atoms with Crippen molar-refractivity contribution >= 4 is 49.8 Å². The summed E-state index contributed by atoms with van der Waals surface area (Å²) in [5.74, 6) is -0.844. The summed E-state index contributed by atoms with van der Waals surface area (Å²) in [6.07, 6.45) is 3.25. The first-order valence-electron chi connectivity index (χ1n) is 5.86. The van der Waals surface area contributed by atoms with Crippen LogP contribution in [0.2, 0.25) is 0 Å². The van der Waals surface area contributed by atoms with E-state index in [1.54, 1.807) is 29.9 Å². The molecule has 106 valence electrons. The van der Waals surface area contributed by atoms with Gasteiger partial charge in [-0.25, -0.2) is 9.78 Å². The summed E-state index contributed by atoms with van der Waals surface area (Å²) in [4.78, 5) is 32.0. The molecule has 6 nitrogen and oxygen atoms in total. The Balaban J connectivity index is 1.86. The van der Waals surface area contributed by atoms with Crippen LogP contribution >= 0.6 is 22.7 Å². The molecule has 1 N–H and O–H groups in total. The second kappa shape index (κ2) is 5.58. The van der Waals surface area contributed by atoms with Crippen LogP contribution in [-0.4, -0.2) is 29.0 Å². The third kappa shape index (κ3) is 2.63. The number of fused-ring (bicyclic) bond motifs is 1. The molecule has 8 heteroatoms. The first-order valence-corrected chi connectivity index (χ1v) is 7.56. The number of esters is 1. The third-order valence-corrected chi connectivity index (χ3v) is 4.55. The third-order valence-electron chi connectivity index (χ3n) is 2.68. The lowest BCUT2D eigenvalue weighted by atomic mass is 10.3. The van der Waals surface area contributed by atoms with E-state index in [1.165, 1.54) is 29.8 Å². The lowest BCUT2D eigenvalue weighted by Gasteiger charge is -2.02. The van der Waals surface area contributed by atoms with Gasteiger partial charge in [0.1, 0.15) is 10.5 Å². The van der Waals surface area contributed by atoms with Gasteiger partial charge in [-0.05, 0) is 17.5 Å². The number of rotatable bonds is 3. The van der Waals surface area contributed by atoms with Crippen molar-refractivity contribution < 1.29 is 14.3 Å². The average Bonchev–Trinajstić information content (AvgIpc) is 3.12. The number of nitrogens with zero attached hydrogens (tertiary/aromatic N) is 2. The molecule has 0 fully saturated rings. The van der Waals surface area contributed by atoms with Crippen molar-refractivity contribution in [1.82, 2.24) is 9.97 Å². The highest BCUT2D eigenvalue weighted by molar-refractivity contribution is 7.20. The molecule has 3 aromatic rings. The lowest BCUT2D eigenvalue weighted by Crippen LogP contribution is -2.13. The molecule has 0 aliphatic carbocycles. The van der Waals surface area contributed by atoms with Crippen LogP contribution in [0.1, 0.15) is 20.2 Å². The van der Waals surface area contributed by atoms with E-state index in [4.69, 9.17) is 0 Å². The molecule has 0 aliphatic rings. The van der Waals surface area contributed by atoms with Crippen LogP contribution in [0.4, 0.5) is 5.00 Å². The standard InChI is InChI=1S/C13H9N3O3S2/c1-19-13(18)7-3-5-20-11(7)16-10(17)12-15-8-6-14-4-2-9(8)21-12/h2-6H,1H3,(H,16,17). The maximum absolute atomic E-state index is 12.2. The molecule has 0 saturated carbocycles. The van der Waals surface area contributed by atoms with E-state index in [0.717, 1.165) is 4.70 Å². The van der Waals surface area contributed by atoms with Gasteiger partial charge in [-0.2, -0.15) is 0 Å². The summed E-state index contributed by atoms with van der Waals surface area (Å²) in [7, 11) is 1.30. The fraction of sp³-hybridized carbons (Fsp3) is 0.0769. The molecule has 21 heavy (non-hydrogen) atoms. The molecule has 0 aromatic carbocycles. The molecular formula is C13H9N3O3S2. The molecule has 0 saturated heterocycles. The van der Waals surface area contributed by atoms with Crippen LogP contribution in [0.25, 0.3) is 10.2 Å². The number of pyridine rings is 1. The van der Waals surface area contributed by atoms with Gasteiger partial charge in [0.05, 0.1) is 23.6 Å². The lowest BCUT2D eigenvalue weighted by molar-refractivity contribution is 0.0602. The topological polar surface area (TPSA) is 81.2 Å². The Morgan fingerprint density at radius 3 is 2.95 bits per heavy atom. The summed E-state index contributed by atoms with van der Waals surface area (Å²) in [6.45, 7) is 0. The van der Waals surface area contributed by atoms with E-state index in [9.17, 15) is 9.59 Å². The van der Waals surface area contributed by atoms with E-state index in [0.29, 0.717) is 21.1 Å². The van der Waals surface area contributed by atoms with Crippen molar-refractivity contribution in [1.29, 1.82) is 0 Å². The first kappa shape index (κ1) is 13.7. The molecule has 3 rings (SSSR count). The van der Waals surface area contributed by atoms with E-state index in [-0.39, 0.29) is 5.91 Å². The van der Waals surface area contributed by atoms with Crippen molar-refractivity contribution in [3.8, 4) is 0 Å². The minimum Gasteiger partial charge on any atom is -0.465 e. The second-order valence-corrected chi connectivity index (χ2v) is 5.92. The number of thiophene rings is 1. The number of hydrogen-bond donors (Lipinski definition) is 1. The highest BCUT2D eigenvalue weighted by atomic mass is 32.1. The fourth-order valence-electron chi connectivity index (χ4n) is 1.71. The number of hydrogen-bond acceptors (Lipinski definition) is 7. The highest BCUT2D eigenvalue weighted by Crippen LogP contribution is 2.26. The molecule has 3 aromatic heterocycles. The molecule has 0 spiro atoms. The Kier molecular flexibility index (Phi) is 3.63. The first-order chi connectivity index (χ1) is 10.2. The predicted octanol–water partition coefficient (Wildman–Crippen LogP) is 2.79. The van der Waals surface area contributed by atoms with Gasteiger partial charge in [-0.3, -0.25) is 9.78 Å². The number of anilines is 1. The van der Waals surface area contributed by atoms with Crippen molar-refractivity contribution in [3.05, 3.63) is 40.5 Å². The minimum absolute atomic E-state index is 0.321. The van der Waals surface area contributed by atoms with Gasteiger partial charge in [-0.15, -0.1) is 22.7 Å². The maximum Gasteiger partial charge on any atom is 0.340 e. The zero-order chi connectivity index (χ0) is 14.8. The predicted molar refractivity (Wildman–Crippen MR) is 81.0 cm³/mol. The van der Waals surface area contributed by atoms with Crippen LogP contribution in [0.3, 0.4) is 0 Å². The quantitative estimate of drug-likeness (QED) is 0.751. The molecule has 0 aliphatic heterocycles. The molecule has 0 radical (unpaired) electrons. The highest BCUT2D eigenvalue weighted by Gasteiger charge is 2.18. The van der Waals surface area contributed by atoms with Crippen molar-refractivity contribution in [3.63, 3.8) is 0 Å². The minimum atomic E-state index is -0.486. The average molecular weight is 319 g/mol. The van der Waals surface area contributed by atoms with Gasteiger partial charge < -0.3 is 10.1 Å². The normalized spacial score (nSPS) is 10.5. The van der Waals surface area contributed by atoms with E-state index in [1.807, 2.05) is 0 Å². The van der Waals surface area contributed by atoms with Gasteiger partial charge in [0.25, 0.3) is 5.91 Å². The number of methoxy groups -OCH3 is 1. The number of carbonyl (C=O) groups excluding carboxylic acids is 2. The Morgan fingerprint density at radius 1 is 1.33 bits per heavy atom. The van der Waals surface area contributed by atoms with Gasteiger partial charge in [0.2, 0.25) is 0 Å². The Bertz CT molecular complexity index is 792. The summed E-state index contributed by atoms with van der Waals surface area (Å²) in [5.41, 5.74) is 1.01. The van der Waals surface area contributed by atoms with Gasteiger partial charge >= 0.3 is 5.97 Å². The summed E-state index contributed by atoms with van der Waals surface area (Å²) in [5, 5.41) is 5.17. The largest absolute Gasteiger partial charge is 0.465 e. The van der Waals surface area contributed by atoms with Gasteiger partial charge in [-0.1, -0.05) is 0 Å². The monoisotopic (exact) mass is 319 g/mol. The molecule has 1 amide bonds. The smallest absolute Gasteiger partial charge is 0.340 e. The Morgan fingerprint density at radius 2 is 2.19 bits per heavy atom. The fourth-order valence-corrected chi connectivity index (χ4v) is 3.31. The van der Waals surface area contributed by atoms with Crippen molar-refractivity contribution in [2.45, 2.75) is 0 Å². The van der Waals surface area contributed by atoms with Crippen LogP contribution in [0.5, 0.6) is 0 Å². The zero-order valence-electron chi connectivity index (χ0n) is 10.8. The number of nitrogens with one attached hydrogen (secondary N) is 1. The Hall–Kier alpha value is -2.32. The number of amides is 1. The Labute approximate surface area is 127 Å². The van der Waals surface area contributed by atoms with E-state index >= 15 is 0 Å². The molecular weight excluding hydrogens is 310 g/mol. The van der Waals surface area contributed by atoms with Crippen LogP contribution in [-0.2, 0) is 4.74 Å². The van der Waals surface area contributed by atoms with Crippen molar-refractivity contribution in [2.24, 2.45) is 0 Å². The van der Waals surface area contributed by atoms with Gasteiger partial charge in [0.15, 0.2) is 5.01 Å². The van der Waals surface area contributed by atoms with Crippen LogP contribution in [0, 0.1) is 0 Å². The zero-order valence-corrected chi connectivity index (χ0v) is 12.5. The van der Waals surface area contributed by atoms with E-state index < -0.39 is 5.97 Å². The number of carbonyl (C=O) groups is 2. The number of aromatic nitrogens is 2. The van der Waals surface area contributed by atoms with Crippen molar-refractivity contribution in [2.75, 3.05) is 12.4 Å². The maximum atomic E-state index is 12.2. The summed E-state index contributed by atoms with van der Waals surface area (Å²) in [6, 6.07) is 3.41.